The number of hydrogen-bond acceptors (Lipinski definition) is 4. The van der Waals surface area contributed by atoms with Gasteiger partial charge in [-0.15, -0.1) is 0 Å². The molecule has 4 nitrogen and oxygen atoms in total. The average Bonchev–Trinajstić information content (AvgIpc) is 2.45. The lowest BCUT2D eigenvalue weighted by molar-refractivity contribution is 0.305. The summed E-state index contributed by atoms with van der Waals surface area (Å²) in [6.07, 6.45) is 0.467. The van der Waals surface area contributed by atoms with Crippen LogP contribution >= 0.6 is 11.8 Å². The van der Waals surface area contributed by atoms with E-state index in [0.717, 1.165) is 11.1 Å². The minimum absolute atomic E-state index is 0.0678. The van der Waals surface area contributed by atoms with E-state index in [9.17, 15) is 4.79 Å². The molecule has 2 aromatic rings. The number of nitrogens with one attached hydrogen (secondary N) is 1. The van der Waals surface area contributed by atoms with Crippen molar-refractivity contribution in [3.05, 3.63) is 57.5 Å². The van der Waals surface area contributed by atoms with Crippen LogP contribution in [0.15, 0.2) is 40.3 Å². The van der Waals surface area contributed by atoms with Crippen LogP contribution in [0.1, 0.15) is 23.2 Å². The first-order valence-corrected chi connectivity index (χ1v) is 7.56. The van der Waals surface area contributed by atoms with E-state index in [0.29, 0.717) is 23.0 Å². The maximum atomic E-state index is 11.4. The monoisotopic (exact) mass is 300 g/mol. The summed E-state index contributed by atoms with van der Waals surface area (Å²) in [7, 11) is 0. The van der Waals surface area contributed by atoms with Crippen LogP contribution in [-0.4, -0.2) is 21.7 Å². The molecule has 21 heavy (non-hydrogen) atoms. The van der Waals surface area contributed by atoms with Gasteiger partial charge >= 0.3 is 0 Å². The fourth-order valence-electron chi connectivity index (χ4n) is 1.75. The molecule has 0 atom stereocenters. The van der Waals surface area contributed by atoms with Crippen LogP contribution in [0.4, 0.5) is 0 Å². The zero-order valence-corrected chi connectivity index (χ0v) is 12.5. The van der Waals surface area contributed by atoms with Gasteiger partial charge in [-0.3, -0.25) is 4.79 Å². The van der Waals surface area contributed by atoms with Crippen LogP contribution in [0.2, 0.25) is 0 Å². The lowest BCUT2D eigenvalue weighted by Gasteiger charge is -2.04. The summed E-state index contributed by atoms with van der Waals surface area (Å²) in [6.45, 7) is 1.87. The van der Waals surface area contributed by atoms with Gasteiger partial charge in [0.15, 0.2) is 5.16 Å². The molecular formula is C16H16N2O2S. The molecule has 1 heterocycles. The number of hydrogen-bond donors (Lipinski definition) is 2. The van der Waals surface area contributed by atoms with Crippen molar-refractivity contribution in [1.29, 1.82) is 0 Å². The quantitative estimate of drug-likeness (QED) is 0.515. The molecule has 0 aliphatic carbocycles. The normalized spacial score (nSPS) is 10.0. The number of nitrogens with zero attached hydrogens (tertiary/aromatic N) is 1. The van der Waals surface area contributed by atoms with Crippen molar-refractivity contribution < 1.29 is 5.11 Å². The molecule has 2 rings (SSSR count). The number of aliphatic hydroxyl groups excluding tert-OH is 1. The lowest BCUT2D eigenvalue weighted by atomic mass is 10.1. The van der Waals surface area contributed by atoms with Gasteiger partial charge in [0.05, 0.1) is 6.61 Å². The number of aliphatic hydroxyl groups is 1. The van der Waals surface area contributed by atoms with E-state index in [4.69, 9.17) is 5.11 Å². The molecule has 5 heteroatoms. The van der Waals surface area contributed by atoms with E-state index in [2.05, 4.69) is 21.8 Å². The molecule has 1 aromatic carbocycles. The van der Waals surface area contributed by atoms with Crippen LogP contribution < -0.4 is 5.56 Å². The van der Waals surface area contributed by atoms with Crippen molar-refractivity contribution in [3.63, 3.8) is 0 Å². The van der Waals surface area contributed by atoms with E-state index in [1.54, 1.807) is 6.92 Å². The maximum absolute atomic E-state index is 11.4. The predicted molar refractivity (Wildman–Crippen MR) is 84.2 cm³/mol. The number of aromatic nitrogens is 2. The van der Waals surface area contributed by atoms with Crippen molar-refractivity contribution in [2.45, 2.75) is 24.3 Å². The Hall–Kier alpha value is -2.03. The molecular weight excluding hydrogens is 284 g/mol. The zero-order chi connectivity index (χ0) is 15.1. The van der Waals surface area contributed by atoms with Crippen LogP contribution in [0.3, 0.4) is 0 Å². The van der Waals surface area contributed by atoms with E-state index >= 15 is 0 Å². The van der Waals surface area contributed by atoms with Crippen molar-refractivity contribution in [3.8, 4) is 11.8 Å². The molecule has 0 saturated heterocycles. The number of thioether (sulfide) groups is 1. The molecule has 0 fully saturated rings. The van der Waals surface area contributed by atoms with Gasteiger partial charge in [0.25, 0.3) is 5.56 Å². The Morgan fingerprint density at radius 1 is 1.38 bits per heavy atom. The molecule has 2 N–H and O–H groups in total. The van der Waals surface area contributed by atoms with Crippen LogP contribution in [0.25, 0.3) is 0 Å². The highest BCUT2D eigenvalue weighted by molar-refractivity contribution is 7.98. The molecule has 0 aliphatic rings. The first-order valence-electron chi connectivity index (χ1n) is 6.57. The second-order valence-corrected chi connectivity index (χ2v) is 5.38. The van der Waals surface area contributed by atoms with Gasteiger partial charge in [-0.25, -0.2) is 4.98 Å². The Morgan fingerprint density at radius 2 is 2.19 bits per heavy atom. The summed E-state index contributed by atoms with van der Waals surface area (Å²) < 4.78 is 0. The molecule has 0 radical (unpaired) electrons. The van der Waals surface area contributed by atoms with Gasteiger partial charge in [0, 0.05) is 29.5 Å². The Morgan fingerprint density at radius 3 is 2.95 bits per heavy atom. The van der Waals surface area contributed by atoms with E-state index in [1.807, 2.05) is 24.3 Å². The second kappa shape index (κ2) is 7.67. The molecule has 0 saturated carbocycles. The Bertz CT molecular complexity index is 729. The third-order valence-electron chi connectivity index (χ3n) is 2.69. The Balaban J connectivity index is 2.13. The van der Waals surface area contributed by atoms with Crippen molar-refractivity contribution >= 4 is 11.8 Å². The Labute approximate surface area is 127 Å². The minimum atomic E-state index is -0.138. The summed E-state index contributed by atoms with van der Waals surface area (Å²) in [4.78, 5) is 18.4. The summed E-state index contributed by atoms with van der Waals surface area (Å²) in [5.41, 5.74) is 2.59. The van der Waals surface area contributed by atoms with Gasteiger partial charge in [0.2, 0.25) is 0 Å². The lowest BCUT2D eigenvalue weighted by Crippen LogP contribution is -2.08. The average molecular weight is 300 g/mol. The molecule has 0 amide bonds. The van der Waals surface area contributed by atoms with E-state index in [-0.39, 0.29) is 12.2 Å². The molecule has 0 bridgehead atoms. The highest BCUT2D eigenvalue weighted by atomic mass is 32.2. The molecule has 0 spiro atoms. The predicted octanol–water partition coefficient (Wildman–Crippen LogP) is 2.10. The SMILES string of the molecule is Cc1cc(=O)[nH]c(SCc2ccccc2C#CCCO)n1. The van der Waals surface area contributed by atoms with Crippen molar-refractivity contribution in [2.24, 2.45) is 0 Å². The molecule has 0 aliphatic heterocycles. The second-order valence-electron chi connectivity index (χ2n) is 4.41. The minimum Gasteiger partial charge on any atom is -0.395 e. The summed E-state index contributed by atoms with van der Waals surface area (Å²) >= 11 is 1.47. The van der Waals surface area contributed by atoms with Crippen molar-refractivity contribution in [2.75, 3.05) is 6.61 Å². The molecule has 1 aromatic heterocycles. The number of aryl methyl sites for hydroxylation is 1. The number of aromatic amines is 1. The van der Waals surface area contributed by atoms with Gasteiger partial charge in [0.1, 0.15) is 0 Å². The molecule has 108 valence electrons. The number of H-pyrrole nitrogens is 1. The standard InChI is InChI=1S/C16H16N2O2S/c1-12-10-15(20)18-16(17-12)21-11-14-8-3-2-6-13(14)7-4-5-9-19/h2-3,6,8,10,19H,5,9,11H2,1H3,(H,17,18,20). The first kappa shape index (κ1) is 15.4. The summed E-state index contributed by atoms with van der Waals surface area (Å²) in [6, 6.07) is 9.32. The third-order valence-corrected chi connectivity index (χ3v) is 3.61. The zero-order valence-electron chi connectivity index (χ0n) is 11.7. The Kier molecular flexibility index (Phi) is 5.61. The van der Waals surface area contributed by atoms with Crippen LogP contribution in [-0.2, 0) is 5.75 Å². The van der Waals surface area contributed by atoms with E-state index in [1.165, 1.54) is 17.8 Å². The van der Waals surface area contributed by atoms with Crippen LogP contribution in [0, 0.1) is 18.8 Å². The largest absolute Gasteiger partial charge is 0.395 e. The number of benzene rings is 1. The van der Waals surface area contributed by atoms with Crippen LogP contribution in [0.5, 0.6) is 0 Å². The topological polar surface area (TPSA) is 66.0 Å². The smallest absolute Gasteiger partial charge is 0.251 e. The van der Waals surface area contributed by atoms with Crippen molar-refractivity contribution in [1.82, 2.24) is 9.97 Å². The van der Waals surface area contributed by atoms with Gasteiger partial charge < -0.3 is 10.1 Å². The number of rotatable bonds is 4. The fourth-order valence-corrected chi connectivity index (χ4v) is 2.67. The summed E-state index contributed by atoms with van der Waals surface area (Å²) in [5, 5.41) is 9.38. The third kappa shape index (κ3) is 4.78. The summed E-state index contributed by atoms with van der Waals surface area (Å²) in [5.74, 6) is 6.66. The van der Waals surface area contributed by atoms with Gasteiger partial charge in [-0.2, -0.15) is 0 Å². The fraction of sp³-hybridized carbons (Fsp3) is 0.250. The highest BCUT2D eigenvalue weighted by Gasteiger charge is 2.03. The highest BCUT2D eigenvalue weighted by Crippen LogP contribution is 2.20. The van der Waals surface area contributed by atoms with Gasteiger partial charge in [-0.05, 0) is 18.6 Å². The molecule has 0 unspecified atom stereocenters. The van der Waals surface area contributed by atoms with Gasteiger partial charge in [-0.1, -0.05) is 41.8 Å². The maximum Gasteiger partial charge on any atom is 0.251 e. The first-order chi connectivity index (χ1) is 10.2. The van der Waals surface area contributed by atoms with E-state index < -0.39 is 0 Å².